The van der Waals surface area contributed by atoms with E-state index in [9.17, 15) is 9.90 Å². The van der Waals surface area contributed by atoms with Gasteiger partial charge in [-0.3, -0.25) is 4.79 Å². The lowest BCUT2D eigenvalue weighted by molar-refractivity contribution is -0.135. The van der Waals surface area contributed by atoms with Crippen molar-refractivity contribution in [2.24, 2.45) is 28.6 Å². The molecule has 2 nitrogen and oxygen atoms in total. The largest absolute Gasteiger partial charge is 0.393 e. The van der Waals surface area contributed by atoms with Gasteiger partial charge in [0.15, 0.2) is 5.78 Å². The smallest absolute Gasteiger partial charge is 0.159 e. The molecule has 0 aromatic rings. The van der Waals surface area contributed by atoms with Crippen molar-refractivity contribution in [3.8, 4) is 0 Å². The minimum Gasteiger partial charge on any atom is -0.393 e. The molecule has 6 atom stereocenters. The summed E-state index contributed by atoms with van der Waals surface area (Å²) in [6, 6.07) is 0. The maximum absolute atomic E-state index is 12.9. The summed E-state index contributed by atoms with van der Waals surface area (Å²) in [5.41, 5.74) is 1.71. The molecule has 3 saturated carbocycles. The molecule has 2 heteroatoms. The summed E-state index contributed by atoms with van der Waals surface area (Å²) in [6.07, 6.45) is 11.0. The lowest BCUT2D eigenvalue weighted by Crippen LogP contribution is -2.53. The van der Waals surface area contributed by atoms with Crippen molar-refractivity contribution in [1.29, 1.82) is 0 Å². The molecule has 0 aromatic heterocycles. The molecule has 4 aliphatic rings. The van der Waals surface area contributed by atoms with Crippen LogP contribution < -0.4 is 0 Å². The van der Waals surface area contributed by atoms with Crippen LogP contribution in [-0.2, 0) is 4.79 Å². The number of hydrogen-bond acceptors (Lipinski definition) is 2. The highest BCUT2D eigenvalue weighted by Gasteiger charge is 2.60. The van der Waals surface area contributed by atoms with E-state index in [0.29, 0.717) is 17.6 Å². The lowest BCUT2D eigenvalue weighted by atomic mass is 9.48. The summed E-state index contributed by atoms with van der Waals surface area (Å²) in [4.78, 5) is 12.9. The van der Waals surface area contributed by atoms with Gasteiger partial charge in [0.1, 0.15) is 0 Å². The molecule has 3 fully saturated rings. The second kappa shape index (κ2) is 6.02. The molecule has 4 rings (SSSR count). The number of hydrogen-bond donors (Lipinski definition) is 1. The van der Waals surface area contributed by atoms with Crippen molar-refractivity contribution in [3.05, 3.63) is 11.6 Å². The van der Waals surface area contributed by atoms with Crippen LogP contribution in [0.15, 0.2) is 11.6 Å². The molecule has 0 heterocycles. The summed E-state index contributed by atoms with van der Waals surface area (Å²) in [7, 11) is 0. The highest BCUT2D eigenvalue weighted by atomic mass is 16.3. The van der Waals surface area contributed by atoms with Gasteiger partial charge in [0.25, 0.3) is 0 Å². The van der Waals surface area contributed by atoms with Crippen LogP contribution in [-0.4, -0.2) is 17.0 Å². The molecule has 0 aliphatic heterocycles. The van der Waals surface area contributed by atoms with Gasteiger partial charge in [-0.25, -0.2) is 0 Å². The fourth-order valence-corrected chi connectivity index (χ4v) is 6.41. The zero-order valence-electron chi connectivity index (χ0n) is 15.4. The molecule has 0 saturated heterocycles. The van der Waals surface area contributed by atoms with Crippen molar-refractivity contribution in [2.45, 2.75) is 85.2 Å². The quantitative estimate of drug-likeness (QED) is 0.689. The SMILES string of the molecule is CC.CC12CCCCC1=CC(=O)C1C2CCC2(C)C(O)CCC12. The van der Waals surface area contributed by atoms with E-state index in [-0.39, 0.29) is 22.9 Å². The topological polar surface area (TPSA) is 37.3 Å². The number of aliphatic hydroxyl groups excluding tert-OH is 1. The molecule has 130 valence electrons. The lowest BCUT2D eigenvalue weighted by Gasteiger charge is -2.56. The van der Waals surface area contributed by atoms with Crippen LogP contribution in [0.1, 0.15) is 79.1 Å². The maximum atomic E-state index is 12.9. The van der Waals surface area contributed by atoms with Gasteiger partial charge in [0.05, 0.1) is 6.10 Å². The van der Waals surface area contributed by atoms with Crippen molar-refractivity contribution >= 4 is 5.78 Å². The zero-order valence-corrected chi connectivity index (χ0v) is 15.4. The highest BCUT2D eigenvalue weighted by Crippen LogP contribution is 2.63. The second-order valence-electron chi connectivity index (χ2n) is 8.57. The average molecular weight is 319 g/mol. The number of aliphatic hydroxyl groups is 1. The van der Waals surface area contributed by atoms with Crippen LogP contribution in [0.2, 0.25) is 0 Å². The van der Waals surface area contributed by atoms with Gasteiger partial charge in [-0.15, -0.1) is 0 Å². The van der Waals surface area contributed by atoms with E-state index in [1.807, 2.05) is 19.9 Å². The molecular weight excluding hydrogens is 284 g/mol. The van der Waals surface area contributed by atoms with Crippen LogP contribution in [0.4, 0.5) is 0 Å². The maximum Gasteiger partial charge on any atom is 0.159 e. The van der Waals surface area contributed by atoms with Crippen molar-refractivity contribution in [1.82, 2.24) is 0 Å². The van der Waals surface area contributed by atoms with E-state index in [0.717, 1.165) is 32.1 Å². The summed E-state index contributed by atoms with van der Waals surface area (Å²) in [5, 5.41) is 10.4. The molecule has 0 bridgehead atoms. The Morgan fingerprint density at radius 3 is 2.52 bits per heavy atom. The number of carbonyl (C=O) groups is 1. The van der Waals surface area contributed by atoms with Gasteiger partial charge in [0, 0.05) is 5.92 Å². The standard InChI is InChI=1S/C19H28O2.C2H6/c1-18-9-4-3-5-12(18)11-15(20)17-13-6-7-16(21)19(13,2)10-8-14(17)18;1-2/h11,13-14,16-17,21H,3-10H2,1-2H3;1-2H3. The Kier molecular flexibility index (Phi) is 4.50. The van der Waals surface area contributed by atoms with Gasteiger partial charge in [-0.05, 0) is 73.7 Å². The summed E-state index contributed by atoms with van der Waals surface area (Å²) in [5.74, 6) is 1.52. The first-order chi connectivity index (χ1) is 11.0. The minimum atomic E-state index is -0.194. The van der Waals surface area contributed by atoms with Crippen LogP contribution in [0, 0.1) is 28.6 Å². The van der Waals surface area contributed by atoms with E-state index in [1.165, 1.54) is 24.8 Å². The van der Waals surface area contributed by atoms with E-state index < -0.39 is 0 Å². The summed E-state index contributed by atoms with van der Waals surface area (Å²) in [6.45, 7) is 8.66. The van der Waals surface area contributed by atoms with Gasteiger partial charge < -0.3 is 5.11 Å². The first-order valence-electron chi connectivity index (χ1n) is 9.90. The third-order valence-electron chi connectivity index (χ3n) is 7.81. The Balaban J connectivity index is 0.000000753. The average Bonchev–Trinajstić information content (AvgIpc) is 2.86. The van der Waals surface area contributed by atoms with Crippen LogP contribution in [0.5, 0.6) is 0 Å². The molecule has 0 radical (unpaired) electrons. The summed E-state index contributed by atoms with van der Waals surface area (Å²) < 4.78 is 0. The zero-order chi connectivity index (χ0) is 16.8. The Morgan fingerprint density at radius 1 is 1.04 bits per heavy atom. The Labute approximate surface area is 141 Å². The molecule has 0 spiro atoms. The predicted molar refractivity (Wildman–Crippen MR) is 94.1 cm³/mol. The normalized spacial score (nSPS) is 48.4. The molecule has 0 amide bonds. The van der Waals surface area contributed by atoms with E-state index in [2.05, 4.69) is 13.8 Å². The van der Waals surface area contributed by atoms with E-state index in [4.69, 9.17) is 0 Å². The molecule has 6 unspecified atom stereocenters. The fraction of sp³-hybridized carbons (Fsp3) is 0.857. The van der Waals surface area contributed by atoms with Gasteiger partial charge in [-0.1, -0.05) is 39.7 Å². The monoisotopic (exact) mass is 318 g/mol. The second-order valence-corrected chi connectivity index (χ2v) is 8.57. The number of carbonyl (C=O) groups excluding carboxylic acids is 1. The minimum absolute atomic E-state index is 0.00675. The number of allylic oxidation sites excluding steroid dienone is 2. The molecular formula is C21H34O2. The molecule has 4 aliphatic carbocycles. The number of fused-ring (bicyclic) bond motifs is 5. The fourth-order valence-electron chi connectivity index (χ4n) is 6.41. The first kappa shape index (κ1) is 17.2. The third-order valence-corrected chi connectivity index (χ3v) is 7.81. The summed E-state index contributed by atoms with van der Waals surface area (Å²) >= 11 is 0. The highest BCUT2D eigenvalue weighted by molar-refractivity contribution is 5.94. The Morgan fingerprint density at radius 2 is 1.78 bits per heavy atom. The van der Waals surface area contributed by atoms with E-state index >= 15 is 0 Å². The van der Waals surface area contributed by atoms with E-state index in [1.54, 1.807) is 0 Å². The van der Waals surface area contributed by atoms with Crippen molar-refractivity contribution in [3.63, 3.8) is 0 Å². The van der Waals surface area contributed by atoms with Crippen molar-refractivity contribution in [2.75, 3.05) is 0 Å². The van der Waals surface area contributed by atoms with Crippen LogP contribution in [0.3, 0.4) is 0 Å². The van der Waals surface area contributed by atoms with Gasteiger partial charge >= 0.3 is 0 Å². The van der Waals surface area contributed by atoms with Crippen LogP contribution >= 0.6 is 0 Å². The third kappa shape index (κ3) is 2.35. The molecule has 23 heavy (non-hydrogen) atoms. The Hall–Kier alpha value is -0.630. The number of rotatable bonds is 0. The molecule has 1 N–H and O–H groups in total. The van der Waals surface area contributed by atoms with Crippen LogP contribution in [0.25, 0.3) is 0 Å². The van der Waals surface area contributed by atoms with Crippen molar-refractivity contribution < 1.29 is 9.90 Å². The van der Waals surface area contributed by atoms with Gasteiger partial charge in [0.2, 0.25) is 0 Å². The Bertz CT molecular complexity index is 508. The molecule has 0 aromatic carbocycles. The van der Waals surface area contributed by atoms with Gasteiger partial charge in [-0.2, -0.15) is 0 Å². The predicted octanol–water partition coefficient (Wildman–Crippen LogP) is 4.91. The number of ketones is 1. The first-order valence-corrected chi connectivity index (χ1v) is 9.90.